The van der Waals surface area contributed by atoms with E-state index in [1.165, 1.54) is 12.1 Å². The van der Waals surface area contributed by atoms with Crippen LogP contribution in [0.25, 0.3) is 0 Å². The summed E-state index contributed by atoms with van der Waals surface area (Å²) >= 11 is 0. The molecule has 4 heteroatoms. The molecule has 0 aromatic heterocycles. The van der Waals surface area contributed by atoms with Crippen molar-refractivity contribution in [3.05, 3.63) is 35.4 Å². The Bertz CT molecular complexity index is 389. The van der Waals surface area contributed by atoms with E-state index in [-0.39, 0.29) is 6.10 Å². The molecular weight excluding hydrogens is 236 g/mol. The summed E-state index contributed by atoms with van der Waals surface area (Å²) in [6.45, 7) is 0.756. The summed E-state index contributed by atoms with van der Waals surface area (Å²) in [5.74, 6) is -1.58. The third kappa shape index (κ3) is 3.75. The lowest BCUT2D eigenvalue weighted by Gasteiger charge is -2.26. The number of aliphatic hydroxyl groups excluding tert-OH is 1. The van der Waals surface area contributed by atoms with Gasteiger partial charge in [0.25, 0.3) is 0 Å². The van der Waals surface area contributed by atoms with Gasteiger partial charge in [-0.3, -0.25) is 0 Å². The molecule has 1 aromatic carbocycles. The second kappa shape index (κ2) is 6.25. The van der Waals surface area contributed by atoms with E-state index in [1.807, 2.05) is 0 Å². The maximum Gasteiger partial charge on any atom is 0.159 e. The minimum Gasteiger partial charge on any atom is -0.393 e. The predicted molar refractivity (Wildman–Crippen MR) is 66.3 cm³/mol. The van der Waals surface area contributed by atoms with E-state index in [2.05, 4.69) is 5.32 Å². The Balaban J connectivity index is 1.73. The highest BCUT2D eigenvalue weighted by molar-refractivity contribution is 5.18. The molecular formula is C14H19F2NO. The Morgan fingerprint density at radius 2 is 1.83 bits per heavy atom. The van der Waals surface area contributed by atoms with E-state index in [9.17, 15) is 13.9 Å². The quantitative estimate of drug-likeness (QED) is 0.866. The van der Waals surface area contributed by atoms with Crippen LogP contribution in [0.3, 0.4) is 0 Å². The summed E-state index contributed by atoms with van der Waals surface area (Å²) in [7, 11) is 0. The van der Waals surface area contributed by atoms with Crippen molar-refractivity contribution in [3.63, 3.8) is 0 Å². The number of hydrogen-bond acceptors (Lipinski definition) is 2. The first-order valence-electron chi connectivity index (χ1n) is 6.50. The summed E-state index contributed by atoms with van der Waals surface area (Å²) < 4.78 is 25.7. The highest BCUT2D eigenvalue weighted by atomic mass is 19.2. The summed E-state index contributed by atoms with van der Waals surface area (Å²) in [5, 5.41) is 12.8. The van der Waals surface area contributed by atoms with Gasteiger partial charge < -0.3 is 10.4 Å². The third-order valence-electron chi connectivity index (χ3n) is 3.53. The molecule has 100 valence electrons. The van der Waals surface area contributed by atoms with Crippen LogP contribution in [0.4, 0.5) is 8.78 Å². The average Bonchev–Trinajstić information content (AvgIpc) is 2.36. The van der Waals surface area contributed by atoms with E-state index in [1.54, 1.807) is 6.07 Å². The van der Waals surface area contributed by atoms with Crippen molar-refractivity contribution in [1.82, 2.24) is 5.32 Å². The molecule has 0 aliphatic heterocycles. The lowest BCUT2D eigenvalue weighted by atomic mass is 9.93. The third-order valence-corrected chi connectivity index (χ3v) is 3.53. The zero-order chi connectivity index (χ0) is 13.0. The van der Waals surface area contributed by atoms with Crippen molar-refractivity contribution >= 4 is 0 Å². The van der Waals surface area contributed by atoms with Crippen LogP contribution in [0.15, 0.2) is 18.2 Å². The minimum atomic E-state index is -0.798. The highest BCUT2D eigenvalue weighted by Gasteiger charge is 2.18. The maximum absolute atomic E-state index is 13.0. The molecule has 1 aromatic rings. The molecule has 0 radical (unpaired) electrons. The monoisotopic (exact) mass is 255 g/mol. The molecule has 0 bridgehead atoms. The van der Waals surface area contributed by atoms with Gasteiger partial charge in [0.15, 0.2) is 11.6 Å². The Morgan fingerprint density at radius 1 is 1.11 bits per heavy atom. The lowest BCUT2D eigenvalue weighted by molar-refractivity contribution is 0.117. The number of aliphatic hydroxyl groups is 1. The summed E-state index contributed by atoms with van der Waals surface area (Å²) in [4.78, 5) is 0. The Morgan fingerprint density at radius 3 is 2.50 bits per heavy atom. The van der Waals surface area contributed by atoms with Crippen LogP contribution in [0, 0.1) is 11.6 Å². The van der Waals surface area contributed by atoms with Gasteiger partial charge in [-0.15, -0.1) is 0 Å². The molecule has 18 heavy (non-hydrogen) atoms. The van der Waals surface area contributed by atoms with Gasteiger partial charge in [0.1, 0.15) is 0 Å². The van der Waals surface area contributed by atoms with Crippen molar-refractivity contribution < 1.29 is 13.9 Å². The highest BCUT2D eigenvalue weighted by Crippen LogP contribution is 2.18. The van der Waals surface area contributed by atoms with Gasteiger partial charge in [-0.2, -0.15) is 0 Å². The molecule has 0 heterocycles. The molecule has 1 aliphatic rings. The second-order valence-electron chi connectivity index (χ2n) is 4.96. The fourth-order valence-corrected chi connectivity index (χ4v) is 2.40. The van der Waals surface area contributed by atoms with Crippen molar-refractivity contribution in [2.45, 2.75) is 44.2 Å². The first-order valence-corrected chi connectivity index (χ1v) is 6.50. The molecule has 2 N–H and O–H groups in total. The summed E-state index contributed by atoms with van der Waals surface area (Å²) in [6.07, 6.45) is 4.22. The van der Waals surface area contributed by atoms with Crippen LogP contribution in [0.5, 0.6) is 0 Å². The van der Waals surface area contributed by atoms with Crippen LogP contribution in [0.2, 0.25) is 0 Å². The number of benzene rings is 1. The van der Waals surface area contributed by atoms with Crippen LogP contribution < -0.4 is 5.32 Å². The Kier molecular flexibility index (Phi) is 4.66. The van der Waals surface area contributed by atoms with Gasteiger partial charge >= 0.3 is 0 Å². The number of rotatable bonds is 4. The molecule has 1 fully saturated rings. The van der Waals surface area contributed by atoms with Crippen LogP contribution in [0.1, 0.15) is 31.2 Å². The molecule has 0 amide bonds. The standard InChI is InChI=1S/C14H19F2NO/c15-13-6-1-10(9-14(13)16)7-8-17-11-2-4-12(18)5-3-11/h1,6,9,11-12,17-18H,2-5,7-8H2. The molecule has 0 saturated heterocycles. The minimum absolute atomic E-state index is 0.144. The molecule has 1 aliphatic carbocycles. The van der Waals surface area contributed by atoms with Crippen LogP contribution >= 0.6 is 0 Å². The summed E-state index contributed by atoms with van der Waals surface area (Å²) in [5.41, 5.74) is 0.803. The van der Waals surface area contributed by atoms with Crippen molar-refractivity contribution in [2.75, 3.05) is 6.54 Å². The Hall–Kier alpha value is -1.00. The first kappa shape index (κ1) is 13.4. The number of nitrogens with one attached hydrogen (secondary N) is 1. The van der Waals surface area contributed by atoms with Crippen molar-refractivity contribution in [3.8, 4) is 0 Å². The summed E-state index contributed by atoms with van der Waals surface area (Å²) in [6, 6.07) is 4.48. The molecule has 0 atom stereocenters. The average molecular weight is 255 g/mol. The van der Waals surface area contributed by atoms with Crippen LogP contribution in [-0.2, 0) is 6.42 Å². The first-order chi connectivity index (χ1) is 8.65. The topological polar surface area (TPSA) is 32.3 Å². The van der Waals surface area contributed by atoms with E-state index >= 15 is 0 Å². The smallest absolute Gasteiger partial charge is 0.159 e. The fraction of sp³-hybridized carbons (Fsp3) is 0.571. The fourth-order valence-electron chi connectivity index (χ4n) is 2.40. The van der Waals surface area contributed by atoms with E-state index in [0.717, 1.165) is 37.8 Å². The SMILES string of the molecule is OC1CCC(NCCc2ccc(F)c(F)c2)CC1. The van der Waals surface area contributed by atoms with Gasteiger partial charge in [0.2, 0.25) is 0 Å². The Labute approximate surface area is 106 Å². The zero-order valence-electron chi connectivity index (χ0n) is 10.3. The second-order valence-corrected chi connectivity index (χ2v) is 4.96. The van der Waals surface area contributed by atoms with Gasteiger partial charge in [-0.05, 0) is 56.3 Å². The molecule has 2 rings (SSSR count). The number of halogens is 2. The lowest BCUT2D eigenvalue weighted by Crippen LogP contribution is -2.35. The number of hydrogen-bond donors (Lipinski definition) is 2. The van der Waals surface area contributed by atoms with Gasteiger partial charge in [-0.25, -0.2) is 8.78 Å². The molecule has 0 spiro atoms. The van der Waals surface area contributed by atoms with Crippen LogP contribution in [-0.4, -0.2) is 23.8 Å². The van der Waals surface area contributed by atoms with E-state index in [4.69, 9.17) is 0 Å². The normalized spacial score (nSPS) is 24.2. The van der Waals surface area contributed by atoms with E-state index < -0.39 is 11.6 Å². The predicted octanol–water partition coefficient (Wildman–Crippen LogP) is 2.40. The van der Waals surface area contributed by atoms with Gasteiger partial charge in [-0.1, -0.05) is 6.07 Å². The molecule has 0 unspecified atom stereocenters. The zero-order valence-corrected chi connectivity index (χ0v) is 10.3. The van der Waals surface area contributed by atoms with Gasteiger partial charge in [0.05, 0.1) is 6.10 Å². The van der Waals surface area contributed by atoms with E-state index in [0.29, 0.717) is 12.5 Å². The maximum atomic E-state index is 13.0. The van der Waals surface area contributed by atoms with Crippen molar-refractivity contribution in [2.24, 2.45) is 0 Å². The molecule has 1 saturated carbocycles. The van der Waals surface area contributed by atoms with Crippen molar-refractivity contribution in [1.29, 1.82) is 0 Å². The molecule has 2 nitrogen and oxygen atoms in total. The largest absolute Gasteiger partial charge is 0.393 e. The van der Waals surface area contributed by atoms with Gasteiger partial charge in [0, 0.05) is 6.04 Å².